The SMILES string of the molecule is C=C1[C@@H](C)[C@H]2[C@H](Cc3c[nH]c4ccccc34)NC(=O)[C@]23C(=O)/C=C/C(=O)[C@H](OC(C)=O)/C(C)=C/[C@@H](C)C/C=C/[C@H]3[C@@H]1O. The van der Waals surface area contributed by atoms with Gasteiger partial charge in [-0.05, 0) is 66.5 Å². The Morgan fingerprint density at radius 3 is 2.64 bits per heavy atom. The summed E-state index contributed by atoms with van der Waals surface area (Å²) < 4.78 is 5.34. The van der Waals surface area contributed by atoms with E-state index in [-0.39, 0.29) is 11.8 Å². The number of benzene rings is 1. The van der Waals surface area contributed by atoms with Gasteiger partial charge in [0.1, 0.15) is 5.41 Å². The molecule has 3 aliphatic rings. The predicted octanol–water partition coefficient (Wildman–Crippen LogP) is 4.16. The minimum atomic E-state index is -1.67. The molecule has 2 heterocycles. The van der Waals surface area contributed by atoms with Gasteiger partial charge in [0.05, 0.1) is 6.10 Å². The van der Waals surface area contributed by atoms with Crippen molar-refractivity contribution in [1.29, 1.82) is 0 Å². The number of rotatable bonds is 3. The summed E-state index contributed by atoms with van der Waals surface area (Å²) >= 11 is 0. The molecular formula is C34H38N2O6. The van der Waals surface area contributed by atoms with Gasteiger partial charge in [0.25, 0.3) is 0 Å². The van der Waals surface area contributed by atoms with E-state index in [9.17, 15) is 24.3 Å². The van der Waals surface area contributed by atoms with Gasteiger partial charge in [-0.25, -0.2) is 0 Å². The van der Waals surface area contributed by atoms with E-state index in [0.717, 1.165) is 28.6 Å². The molecule has 0 bridgehead atoms. The van der Waals surface area contributed by atoms with Crippen LogP contribution in [0.15, 0.2) is 78.6 Å². The fourth-order valence-electron chi connectivity index (χ4n) is 7.32. The van der Waals surface area contributed by atoms with Crippen molar-refractivity contribution in [1.82, 2.24) is 10.3 Å². The number of aromatic nitrogens is 1. The molecule has 1 saturated carbocycles. The highest BCUT2D eigenvalue weighted by molar-refractivity contribution is 6.15. The molecule has 2 aliphatic carbocycles. The van der Waals surface area contributed by atoms with Gasteiger partial charge < -0.3 is 20.1 Å². The number of fused-ring (bicyclic) bond motifs is 1. The Bertz CT molecular complexity index is 1550. The second-order valence-corrected chi connectivity index (χ2v) is 12.0. The lowest BCUT2D eigenvalue weighted by Gasteiger charge is -2.48. The average molecular weight is 571 g/mol. The molecule has 42 heavy (non-hydrogen) atoms. The molecule has 2 aromatic rings. The number of aliphatic hydroxyl groups excluding tert-OH is 1. The first-order valence-electron chi connectivity index (χ1n) is 14.5. The quantitative estimate of drug-likeness (QED) is 0.289. The fourth-order valence-corrected chi connectivity index (χ4v) is 7.32. The number of aliphatic hydroxyl groups is 1. The molecule has 1 spiro atoms. The smallest absolute Gasteiger partial charge is 0.303 e. The highest BCUT2D eigenvalue weighted by atomic mass is 16.5. The van der Waals surface area contributed by atoms with Gasteiger partial charge >= 0.3 is 5.97 Å². The van der Waals surface area contributed by atoms with E-state index in [1.54, 1.807) is 13.0 Å². The Labute approximate surface area is 245 Å². The van der Waals surface area contributed by atoms with E-state index < -0.39 is 58.9 Å². The zero-order valence-electron chi connectivity index (χ0n) is 24.4. The Hall–Kier alpha value is -4.04. The Morgan fingerprint density at radius 2 is 1.90 bits per heavy atom. The summed E-state index contributed by atoms with van der Waals surface area (Å²) in [6.45, 7) is 11.0. The first-order chi connectivity index (χ1) is 20.0. The minimum absolute atomic E-state index is 0.0471. The molecule has 0 unspecified atom stereocenters. The van der Waals surface area contributed by atoms with Gasteiger partial charge in [0.2, 0.25) is 11.7 Å². The number of allylic oxidation sites excluding steroid dienone is 3. The van der Waals surface area contributed by atoms with Gasteiger partial charge in [-0.3, -0.25) is 19.2 Å². The zero-order valence-corrected chi connectivity index (χ0v) is 24.4. The van der Waals surface area contributed by atoms with E-state index in [4.69, 9.17) is 4.74 Å². The second kappa shape index (κ2) is 11.3. The summed E-state index contributed by atoms with van der Waals surface area (Å²) in [6.07, 6.45) is 8.34. The topological polar surface area (TPSA) is 126 Å². The van der Waals surface area contributed by atoms with E-state index >= 15 is 0 Å². The van der Waals surface area contributed by atoms with E-state index in [1.807, 2.05) is 56.5 Å². The Balaban J connectivity index is 1.62. The van der Waals surface area contributed by atoms with Gasteiger partial charge in [0.15, 0.2) is 11.9 Å². The van der Waals surface area contributed by atoms with Crippen LogP contribution in [0.2, 0.25) is 0 Å². The molecule has 8 atom stereocenters. The molecule has 8 nitrogen and oxygen atoms in total. The lowest BCUT2D eigenvalue weighted by Crippen LogP contribution is -2.58. The number of hydrogen-bond acceptors (Lipinski definition) is 6. The van der Waals surface area contributed by atoms with Gasteiger partial charge in [-0.1, -0.05) is 56.9 Å². The monoisotopic (exact) mass is 570 g/mol. The summed E-state index contributed by atoms with van der Waals surface area (Å²) in [4.78, 5) is 56.9. The van der Waals surface area contributed by atoms with Crippen molar-refractivity contribution in [2.45, 2.75) is 58.8 Å². The third-order valence-electron chi connectivity index (χ3n) is 9.30. The van der Waals surface area contributed by atoms with E-state index in [2.05, 4.69) is 16.9 Å². The molecule has 220 valence electrons. The molecule has 1 aliphatic heterocycles. The summed E-state index contributed by atoms with van der Waals surface area (Å²) in [5, 5.41) is 15.7. The van der Waals surface area contributed by atoms with Crippen LogP contribution in [-0.4, -0.2) is 51.8 Å². The number of esters is 1. The van der Waals surface area contributed by atoms with E-state index in [0.29, 0.717) is 24.0 Å². The summed E-state index contributed by atoms with van der Waals surface area (Å²) in [5.41, 5.74) is 1.44. The Kier molecular flexibility index (Phi) is 7.94. The number of nitrogens with one attached hydrogen (secondary N) is 2. The minimum Gasteiger partial charge on any atom is -0.450 e. The summed E-state index contributed by atoms with van der Waals surface area (Å²) in [5.74, 6) is -4.07. The normalized spacial score (nSPS) is 36.4. The van der Waals surface area contributed by atoms with Crippen LogP contribution < -0.4 is 5.32 Å². The molecule has 0 radical (unpaired) electrons. The van der Waals surface area contributed by atoms with Crippen LogP contribution in [0, 0.1) is 29.1 Å². The molecule has 5 rings (SSSR count). The number of ketones is 2. The number of aromatic amines is 1. The zero-order chi connectivity index (χ0) is 30.3. The van der Waals surface area contributed by atoms with Crippen LogP contribution in [0.4, 0.5) is 0 Å². The summed E-state index contributed by atoms with van der Waals surface area (Å²) in [7, 11) is 0. The molecule has 1 amide bonds. The number of amides is 1. The lowest BCUT2D eigenvalue weighted by atomic mass is 9.52. The molecule has 1 saturated heterocycles. The van der Waals surface area contributed by atoms with Crippen molar-refractivity contribution in [2.24, 2.45) is 29.1 Å². The second-order valence-electron chi connectivity index (χ2n) is 12.0. The standard InChI is InChI=1S/C34H38N2O6/c1-18-9-8-11-25-31(40)21(4)20(3)30-27(16-23-17-35-26-12-7-6-10-24(23)26)36-33(41)34(25,30)29(39)14-13-28(38)32(19(2)15-18)42-22(5)37/h6-8,10-15,17-18,20,25,27,30-32,35,40H,4,9,16H2,1-3,5H3,(H,36,41)/b11-8+,14-13+,19-15+/t18-,20+,25-,27-,30-,31+,32+,34+/m0/s1. The number of H-pyrrole nitrogens is 1. The maximum Gasteiger partial charge on any atom is 0.303 e. The van der Waals surface area contributed by atoms with E-state index in [1.165, 1.54) is 6.92 Å². The predicted molar refractivity (Wildman–Crippen MR) is 159 cm³/mol. The molecular weight excluding hydrogens is 532 g/mol. The molecule has 3 N–H and O–H groups in total. The van der Waals surface area contributed by atoms with Crippen molar-refractivity contribution >= 4 is 34.3 Å². The molecule has 1 aromatic carbocycles. The van der Waals surface area contributed by atoms with Crippen molar-refractivity contribution in [3.8, 4) is 0 Å². The third-order valence-corrected chi connectivity index (χ3v) is 9.30. The van der Waals surface area contributed by atoms with Crippen molar-refractivity contribution in [3.05, 3.63) is 84.1 Å². The van der Waals surface area contributed by atoms with Crippen LogP contribution >= 0.6 is 0 Å². The van der Waals surface area contributed by atoms with Crippen LogP contribution in [0.3, 0.4) is 0 Å². The average Bonchev–Trinajstić information content (AvgIpc) is 3.49. The first-order valence-corrected chi connectivity index (χ1v) is 14.5. The number of para-hydroxylation sites is 1. The summed E-state index contributed by atoms with van der Waals surface area (Å²) in [6, 6.07) is 7.48. The van der Waals surface area contributed by atoms with Crippen molar-refractivity contribution < 1.29 is 29.0 Å². The van der Waals surface area contributed by atoms with Gasteiger partial charge in [-0.2, -0.15) is 0 Å². The lowest BCUT2D eigenvalue weighted by molar-refractivity contribution is -0.149. The number of carbonyl (C=O) groups excluding carboxylic acids is 4. The number of carbonyl (C=O) groups is 4. The number of hydrogen-bond donors (Lipinski definition) is 3. The van der Waals surface area contributed by atoms with Crippen molar-refractivity contribution in [2.75, 3.05) is 0 Å². The van der Waals surface area contributed by atoms with Gasteiger partial charge in [0, 0.05) is 41.9 Å². The first kappa shape index (κ1) is 29.5. The van der Waals surface area contributed by atoms with Crippen LogP contribution in [-0.2, 0) is 30.3 Å². The molecule has 2 fully saturated rings. The van der Waals surface area contributed by atoms with Crippen molar-refractivity contribution in [3.63, 3.8) is 0 Å². The highest BCUT2D eigenvalue weighted by Crippen LogP contribution is 2.56. The molecule has 8 heteroatoms. The molecule has 1 aromatic heterocycles. The van der Waals surface area contributed by atoms with Crippen LogP contribution in [0.5, 0.6) is 0 Å². The highest BCUT2D eigenvalue weighted by Gasteiger charge is 2.68. The Morgan fingerprint density at radius 1 is 1.17 bits per heavy atom. The van der Waals surface area contributed by atoms with Crippen LogP contribution in [0.1, 0.15) is 39.7 Å². The third kappa shape index (κ3) is 4.87. The number of ether oxygens (including phenoxy) is 1. The largest absolute Gasteiger partial charge is 0.450 e. The maximum atomic E-state index is 14.3. The maximum absolute atomic E-state index is 14.3. The van der Waals surface area contributed by atoms with Gasteiger partial charge in [-0.15, -0.1) is 0 Å². The van der Waals surface area contributed by atoms with Crippen LogP contribution in [0.25, 0.3) is 10.9 Å². The fraction of sp³-hybridized carbons (Fsp3) is 0.412.